The molecule has 1 aromatic carbocycles. The van der Waals surface area contributed by atoms with Crippen molar-refractivity contribution in [3.8, 4) is 0 Å². The van der Waals surface area contributed by atoms with Crippen LogP contribution in [0.5, 0.6) is 0 Å². The maximum absolute atomic E-state index is 3.57. The van der Waals surface area contributed by atoms with Crippen molar-refractivity contribution in [3.63, 3.8) is 0 Å². The molecule has 72 valence electrons. The van der Waals surface area contributed by atoms with Crippen molar-refractivity contribution in [1.82, 2.24) is 5.32 Å². The van der Waals surface area contributed by atoms with E-state index in [1.807, 2.05) is 0 Å². The maximum Gasteiger partial charge on any atom is 0.0210 e. The first kappa shape index (κ1) is 10.7. The Morgan fingerprint density at radius 3 is 2.77 bits per heavy atom. The highest BCUT2D eigenvalue weighted by Gasteiger charge is 1.98. The van der Waals surface area contributed by atoms with E-state index in [1.165, 1.54) is 15.6 Å². The number of likely N-dealkylation sites (N-methyl/N-ethyl adjacent to an activating group) is 1. The minimum absolute atomic E-state index is 1.05. The molecule has 0 radical (unpaired) electrons. The van der Waals surface area contributed by atoms with Crippen molar-refractivity contribution in [2.75, 3.05) is 13.1 Å². The Labute approximate surface area is 88.7 Å². The molecule has 1 nitrogen and oxygen atoms in total. The third-order valence-electron chi connectivity index (χ3n) is 2.03. The van der Waals surface area contributed by atoms with Gasteiger partial charge in [-0.3, -0.25) is 0 Å². The molecule has 0 fully saturated rings. The Morgan fingerprint density at radius 2 is 2.15 bits per heavy atom. The zero-order chi connectivity index (χ0) is 9.68. The lowest BCUT2D eigenvalue weighted by atomic mass is 10.1. The molecule has 1 rings (SSSR count). The Bertz CT molecular complexity index is 271. The van der Waals surface area contributed by atoms with Crippen molar-refractivity contribution in [3.05, 3.63) is 33.8 Å². The van der Waals surface area contributed by atoms with Crippen LogP contribution in [-0.2, 0) is 6.42 Å². The van der Waals surface area contributed by atoms with Gasteiger partial charge in [-0.1, -0.05) is 35.0 Å². The first-order chi connectivity index (χ1) is 6.24. The van der Waals surface area contributed by atoms with Crippen LogP contribution in [-0.4, -0.2) is 13.1 Å². The zero-order valence-corrected chi connectivity index (χ0v) is 9.82. The highest BCUT2D eigenvalue weighted by Crippen LogP contribution is 2.18. The van der Waals surface area contributed by atoms with Gasteiger partial charge in [0.05, 0.1) is 0 Å². The second-order valence-electron chi connectivity index (χ2n) is 3.20. The molecule has 1 aromatic rings. The number of nitrogens with one attached hydrogen (secondary N) is 1. The molecule has 0 saturated heterocycles. The summed E-state index contributed by atoms with van der Waals surface area (Å²) in [7, 11) is 0. The van der Waals surface area contributed by atoms with Crippen LogP contribution in [0.25, 0.3) is 0 Å². The van der Waals surface area contributed by atoms with E-state index in [9.17, 15) is 0 Å². The Hall–Kier alpha value is -0.340. The Balaban J connectivity index is 2.56. The van der Waals surface area contributed by atoms with Gasteiger partial charge < -0.3 is 5.32 Å². The number of rotatable bonds is 4. The quantitative estimate of drug-likeness (QED) is 0.800. The summed E-state index contributed by atoms with van der Waals surface area (Å²) in [5.41, 5.74) is 2.69. The molecule has 1 N–H and O–H groups in total. The fourth-order valence-electron chi connectivity index (χ4n) is 1.25. The summed E-state index contributed by atoms with van der Waals surface area (Å²) in [6.45, 7) is 6.34. The van der Waals surface area contributed by atoms with Gasteiger partial charge in [-0.05, 0) is 43.6 Å². The van der Waals surface area contributed by atoms with E-state index >= 15 is 0 Å². The van der Waals surface area contributed by atoms with Crippen LogP contribution < -0.4 is 5.32 Å². The Kier molecular flexibility index (Phi) is 4.46. The molecule has 0 aromatic heterocycles. The van der Waals surface area contributed by atoms with E-state index in [0.29, 0.717) is 0 Å². The number of hydrogen-bond donors (Lipinski definition) is 1. The topological polar surface area (TPSA) is 12.0 Å². The van der Waals surface area contributed by atoms with Crippen molar-refractivity contribution < 1.29 is 0 Å². The zero-order valence-electron chi connectivity index (χ0n) is 8.23. The van der Waals surface area contributed by atoms with Crippen LogP contribution in [0.1, 0.15) is 18.1 Å². The fourth-order valence-corrected chi connectivity index (χ4v) is 1.95. The number of halogens is 1. The number of benzene rings is 1. The van der Waals surface area contributed by atoms with Crippen molar-refractivity contribution in [2.45, 2.75) is 20.3 Å². The van der Waals surface area contributed by atoms with Gasteiger partial charge in [-0.2, -0.15) is 0 Å². The van der Waals surface area contributed by atoms with Gasteiger partial charge in [0.1, 0.15) is 0 Å². The molecule has 2 heteroatoms. The van der Waals surface area contributed by atoms with E-state index in [2.05, 4.69) is 53.3 Å². The summed E-state index contributed by atoms with van der Waals surface area (Å²) in [4.78, 5) is 0. The third kappa shape index (κ3) is 3.49. The minimum Gasteiger partial charge on any atom is -0.317 e. The van der Waals surface area contributed by atoms with E-state index in [-0.39, 0.29) is 0 Å². The first-order valence-electron chi connectivity index (χ1n) is 4.69. The van der Waals surface area contributed by atoms with Crippen molar-refractivity contribution >= 4 is 15.9 Å². The van der Waals surface area contributed by atoms with Crippen LogP contribution in [0.3, 0.4) is 0 Å². The van der Waals surface area contributed by atoms with Gasteiger partial charge in [0.25, 0.3) is 0 Å². The normalized spacial score (nSPS) is 10.4. The van der Waals surface area contributed by atoms with E-state index in [1.54, 1.807) is 0 Å². The van der Waals surface area contributed by atoms with Gasteiger partial charge in [0.15, 0.2) is 0 Å². The van der Waals surface area contributed by atoms with Crippen LogP contribution >= 0.6 is 15.9 Å². The molecule has 0 atom stereocenters. The summed E-state index contributed by atoms with van der Waals surface area (Å²) < 4.78 is 1.23. The predicted octanol–water partition coefficient (Wildman–Crippen LogP) is 2.91. The van der Waals surface area contributed by atoms with Crippen molar-refractivity contribution in [2.24, 2.45) is 0 Å². The van der Waals surface area contributed by atoms with E-state index in [0.717, 1.165) is 19.5 Å². The summed E-state index contributed by atoms with van der Waals surface area (Å²) >= 11 is 3.57. The van der Waals surface area contributed by atoms with Crippen LogP contribution in [0.15, 0.2) is 22.7 Å². The molecule has 0 aliphatic carbocycles. The average molecular weight is 242 g/mol. The average Bonchev–Trinajstić information content (AvgIpc) is 2.09. The molecule has 0 amide bonds. The third-order valence-corrected chi connectivity index (χ3v) is 2.77. The molecule has 0 saturated carbocycles. The van der Waals surface area contributed by atoms with E-state index < -0.39 is 0 Å². The van der Waals surface area contributed by atoms with Crippen LogP contribution in [0, 0.1) is 6.92 Å². The molecule has 0 bridgehead atoms. The highest BCUT2D eigenvalue weighted by molar-refractivity contribution is 9.10. The second kappa shape index (κ2) is 5.40. The molecular formula is C11H16BrN. The second-order valence-corrected chi connectivity index (χ2v) is 4.05. The monoisotopic (exact) mass is 241 g/mol. The summed E-state index contributed by atoms with van der Waals surface area (Å²) in [6.07, 6.45) is 1.09. The first-order valence-corrected chi connectivity index (χ1v) is 5.49. The number of aryl methyl sites for hydroxylation is 1. The lowest BCUT2D eigenvalue weighted by Crippen LogP contribution is -2.16. The molecule has 0 spiro atoms. The van der Waals surface area contributed by atoms with Crippen LogP contribution in [0.4, 0.5) is 0 Å². The van der Waals surface area contributed by atoms with Gasteiger partial charge >= 0.3 is 0 Å². The highest BCUT2D eigenvalue weighted by atomic mass is 79.9. The Morgan fingerprint density at radius 1 is 1.38 bits per heavy atom. The summed E-state index contributed by atoms with van der Waals surface area (Å²) in [6, 6.07) is 6.52. The van der Waals surface area contributed by atoms with Crippen molar-refractivity contribution in [1.29, 1.82) is 0 Å². The lowest BCUT2D eigenvalue weighted by molar-refractivity contribution is 0.715. The van der Waals surface area contributed by atoms with Gasteiger partial charge in [-0.15, -0.1) is 0 Å². The largest absolute Gasteiger partial charge is 0.317 e. The van der Waals surface area contributed by atoms with Gasteiger partial charge in [-0.25, -0.2) is 0 Å². The minimum atomic E-state index is 1.05. The summed E-state index contributed by atoms with van der Waals surface area (Å²) in [5, 5.41) is 3.32. The fraction of sp³-hybridized carbons (Fsp3) is 0.455. The van der Waals surface area contributed by atoms with Gasteiger partial charge in [0.2, 0.25) is 0 Å². The molecule has 0 heterocycles. The van der Waals surface area contributed by atoms with Gasteiger partial charge in [0, 0.05) is 4.47 Å². The summed E-state index contributed by atoms with van der Waals surface area (Å²) in [5.74, 6) is 0. The van der Waals surface area contributed by atoms with E-state index in [4.69, 9.17) is 0 Å². The standard InChI is InChI=1S/C11H16BrN/c1-3-13-7-6-10-5-4-9(2)8-11(10)12/h4-5,8,13H,3,6-7H2,1-2H3. The maximum atomic E-state index is 3.57. The number of hydrogen-bond acceptors (Lipinski definition) is 1. The predicted molar refractivity (Wildman–Crippen MR) is 61.1 cm³/mol. The van der Waals surface area contributed by atoms with Crippen LogP contribution in [0.2, 0.25) is 0 Å². The molecule has 0 aliphatic heterocycles. The lowest BCUT2D eigenvalue weighted by Gasteiger charge is -2.05. The molecule has 0 unspecified atom stereocenters. The molecule has 13 heavy (non-hydrogen) atoms. The SMILES string of the molecule is CCNCCc1ccc(C)cc1Br. The molecular weight excluding hydrogens is 226 g/mol. The smallest absolute Gasteiger partial charge is 0.0210 e. The molecule has 0 aliphatic rings.